The van der Waals surface area contributed by atoms with Gasteiger partial charge in [0.25, 0.3) is 0 Å². The predicted molar refractivity (Wildman–Crippen MR) is 60.1 cm³/mol. The topological polar surface area (TPSA) is 63.3 Å². The Morgan fingerprint density at radius 1 is 1.47 bits per heavy atom. The van der Waals surface area contributed by atoms with Gasteiger partial charge in [0, 0.05) is 17.0 Å². The highest BCUT2D eigenvalue weighted by molar-refractivity contribution is 6.30. The highest BCUT2D eigenvalue weighted by Crippen LogP contribution is 2.27. The average molecular weight is 228 g/mol. The van der Waals surface area contributed by atoms with E-state index in [2.05, 4.69) is 0 Å². The summed E-state index contributed by atoms with van der Waals surface area (Å²) in [6.07, 6.45) is 0.0190. The highest BCUT2D eigenvalue weighted by atomic mass is 35.5. The fourth-order valence-electron chi connectivity index (χ4n) is 1.48. The maximum atomic E-state index is 10.7. The van der Waals surface area contributed by atoms with Crippen LogP contribution in [0.25, 0.3) is 0 Å². The lowest BCUT2D eigenvalue weighted by molar-refractivity contribution is -0.138. The van der Waals surface area contributed by atoms with E-state index in [1.54, 1.807) is 12.1 Å². The molecule has 0 bridgehead atoms. The van der Waals surface area contributed by atoms with Crippen molar-refractivity contribution in [2.45, 2.75) is 18.8 Å². The molecule has 1 unspecified atom stereocenters. The summed E-state index contributed by atoms with van der Waals surface area (Å²) in [7, 11) is 0. The SMILES string of the molecule is CC(CN)(CC(=O)O)c1ccc(Cl)cc1. The first-order valence-corrected chi connectivity index (χ1v) is 5.03. The first kappa shape index (κ1) is 12.0. The first-order valence-electron chi connectivity index (χ1n) is 4.66. The number of hydrogen-bond donors (Lipinski definition) is 2. The van der Waals surface area contributed by atoms with Gasteiger partial charge in [0.15, 0.2) is 0 Å². The molecule has 1 aromatic rings. The van der Waals surface area contributed by atoms with E-state index in [-0.39, 0.29) is 6.42 Å². The molecule has 0 aliphatic heterocycles. The van der Waals surface area contributed by atoms with Crippen LogP contribution >= 0.6 is 11.6 Å². The zero-order valence-corrected chi connectivity index (χ0v) is 9.29. The fourth-order valence-corrected chi connectivity index (χ4v) is 1.60. The molecule has 0 spiro atoms. The Morgan fingerprint density at radius 2 is 2.00 bits per heavy atom. The lowest BCUT2D eigenvalue weighted by Gasteiger charge is -2.26. The summed E-state index contributed by atoms with van der Waals surface area (Å²) in [6, 6.07) is 7.12. The van der Waals surface area contributed by atoms with Crippen molar-refractivity contribution in [1.29, 1.82) is 0 Å². The Kier molecular flexibility index (Phi) is 3.72. The van der Waals surface area contributed by atoms with Crippen molar-refractivity contribution in [2.24, 2.45) is 5.73 Å². The zero-order valence-electron chi connectivity index (χ0n) is 8.53. The molecule has 0 radical (unpaired) electrons. The smallest absolute Gasteiger partial charge is 0.304 e. The van der Waals surface area contributed by atoms with Crippen molar-refractivity contribution in [3.63, 3.8) is 0 Å². The molecule has 1 rings (SSSR count). The molecule has 0 aliphatic carbocycles. The molecule has 0 fully saturated rings. The van der Waals surface area contributed by atoms with Crippen molar-refractivity contribution in [3.8, 4) is 0 Å². The van der Waals surface area contributed by atoms with E-state index in [1.807, 2.05) is 19.1 Å². The van der Waals surface area contributed by atoms with Crippen molar-refractivity contribution >= 4 is 17.6 Å². The molecule has 0 aromatic heterocycles. The Labute approximate surface area is 93.9 Å². The molecule has 3 nitrogen and oxygen atoms in total. The summed E-state index contributed by atoms with van der Waals surface area (Å²) in [4.78, 5) is 10.7. The molecule has 3 N–H and O–H groups in total. The molecule has 1 aromatic carbocycles. The van der Waals surface area contributed by atoms with Gasteiger partial charge in [-0.1, -0.05) is 30.7 Å². The maximum Gasteiger partial charge on any atom is 0.304 e. The zero-order chi connectivity index (χ0) is 11.5. The lowest BCUT2D eigenvalue weighted by atomic mass is 9.80. The average Bonchev–Trinajstić information content (AvgIpc) is 2.17. The number of hydrogen-bond acceptors (Lipinski definition) is 2. The third-order valence-electron chi connectivity index (χ3n) is 2.53. The molecule has 0 saturated heterocycles. The van der Waals surface area contributed by atoms with Crippen LogP contribution in [0.15, 0.2) is 24.3 Å². The van der Waals surface area contributed by atoms with Crippen LogP contribution in [0.5, 0.6) is 0 Å². The van der Waals surface area contributed by atoms with Crippen LogP contribution in [0.4, 0.5) is 0 Å². The predicted octanol–water partition coefficient (Wildman–Crippen LogP) is 2.03. The largest absolute Gasteiger partial charge is 0.481 e. The summed E-state index contributed by atoms with van der Waals surface area (Å²) in [5.41, 5.74) is 6.00. The highest BCUT2D eigenvalue weighted by Gasteiger charge is 2.27. The third kappa shape index (κ3) is 2.94. The number of rotatable bonds is 4. The van der Waals surface area contributed by atoms with Crippen LogP contribution in [0.2, 0.25) is 5.02 Å². The van der Waals surface area contributed by atoms with Crippen molar-refractivity contribution in [2.75, 3.05) is 6.54 Å². The Morgan fingerprint density at radius 3 is 2.40 bits per heavy atom. The second-order valence-corrected chi connectivity index (χ2v) is 4.28. The molecule has 82 valence electrons. The van der Waals surface area contributed by atoms with Gasteiger partial charge in [0.2, 0.25) is 0 Å². The monoisotopic (exact) mass is 227 g/mol. The number of aliphatic carboxylic acids is 1. The Bertz CT molecular complexity index is 350. The van der Waals surface area contributed by atoms with Gasteiger partial charge >= 0.3 is 5.97 Å². The van der Waals surface area contributed by atoms with Crippen LogP contribution in [-0.2, 0) is 10.2 Å². The van der Waals surface area contributed by atoms with Gasteiger partial charge in [0.1, 0.15) is 0 Å². The van der Waals surface area contributed by atoms with Gasteiger partial charge < -0.3 is 10.8 Å². The molecule has 0 saturated carbocycles. The lowest BCUT2D eigenvalue weighted by Crippen LogP contribution is -2.34. The quantitative estimate of drug-likeness (QED) is 0.827. The van der Waals surface area contributed by atoms with Crippen LogP contribution in [-0.4, -0.2) is 17.6 Å². The van der Waals surface area contributed by atoms with E-state index in [9.17, 15) is 4.79 Å². The third-order valence-corrected chi connectivity index (χ3v) is 2.79. The van der Waals surface area contributed by atoms with Crippen LogP contribution < -0.4 is 5.73 Å². The van der Waals surface area contributed by atoms with Gasteiger partial charge in [-0.15, -0.1) is 0 Å². The van der Waals surface area contributed by atoms with Gasteiger partial charge in [0.05, 0.1) is 6.42 Å². The summed E-state index contributed by atoms with van der Waals surface area (Å²) in [5.74, 6) is -0.849. The van der Waals surface area contributed by atoms with Gasteiger partial charge in [-0.3, -0.25) is 4.79 Å². The number of nitrogens with two attached hydrogens (primary N) is 1. The second-order valence-electron chi connectivity index (χ2n) is 3.84. The number of benzene rings is 1. The number of halogens is 1. The van der Waals surface area contributed by atoms with E-state index < -0.39 is 11.4 Å². The minimum Gasteiger partial charge on any atom is -0.481 e. The van der Waals surface area contributed by atoms with Gasteiger partial charge in [-0.25, -0.2) is 0 Å². The molecule has 1 atom stereocenters. The summed E-state index contributed by atoms with van der Waals surface area (Å²) in [5, 5.41) is 9.45. The Hall–Kier alpha value is -1.06. The van der Waals surface area contributed by atoms with Gasteiger partial charge in [-0.05, 0) is 17.7 Å². The second kappa shape index (κ2) is 4.64. The van der Waals surface area contributed by atoms with Crippen LogP contribution in [0.3, 0.4) is 0 Å². The van der Waals surface area contributed by atoms with Crippen LogP contribution in [0.1, 0.15) is 18.9 Å². The molecule has 15 heavy (non-hydrogen) atoms. The fraction of sp³-hybridized carbons (Fsp3) is 0.364. The normalized spacial score (nSPS) is 14.6. The van der Waals surface area contributed by atoms with E-state index >= 15 is 0 Å². The van der Waals surface area contributed by atoms with Crippen molar-refractivity contribution in [3.05, 3.63) is 34.9 Å². The number of carbonyl (C=O) groups is 1. The van der Waals surface area contributed by atoms with E-state index in [0.29, 0.717) is 11.6 Å². The van der Waals surface area contributed by atoms with E-state index in [1.165, 1.54) is 0 Å². The minimum atomic E-state index is -0.849. The molecule has 4 heteroatoms. The van der Waals surface area contributed by atoms with E-state index in [4.69, 9.17) is 22.4 Å². The minimum absolute atomic E-state index is 0.0190. The summed E-state index contributed by atoms with van der Waals surface area (Å²) in [6.45, 7) is 2.13. The molecule has 0 aliphatic rings. The molecule has 0 heterocycles. The van der Waals surface area contributed by atoms with Crippen molar-refractivity contribution < 1.29 is 9.90 Å². The summed E-state index contributed by atoms with van der Waals surface area (Å²) >= 11 is 5.76. The Balaban J connectivity index is 3.00. The first-order chi connectivity index (χ1) is 6.98. The molecular weight excluding hydrogens is 214 g/mol. The van der Waals surface area contributed by atoms with E-state index in [0.717, 1.165) is 5.56 Å². The maximum absolute atomic E-state index is 10.7. The standard InChI is InChI=1S/C11H14ClNO2/c1-11(7-13,6-10(14)15)8-2-4-9(12)5-3-8/h2-5H,6-7,13H2,1H3,(H,14,15). The van der Waals surface area contributed by atoms with Crippen molar-refractivity contribution in [1.82, 2.24) is 0 Å². The molecular formula is C11H14ClNO2. The number of carboxylic acid groups (broad SMARTS) is 1. The number of carboxylic acids is 1. The molecule has 0 amide bonds. The summed E-state index contributed by atoms with van der Waals surface area (Å²) < 4.78 is 0. The van der Waals surface area contributed by atoms with Gasteiger partial charge in [-0.2, -0.15) is 0 Å². The van der Waals surface area contributed by atoms with Crippen LogP contribution in [0, 0.1) is 0 Å².